The minimum atomic E-state index is -0.998. The largest absolute Gasteiger partial charge is 0.502 e. The molecule has 2 amide bonds. The van der Waals surface area contributed by atoms with Crippen LogP contribution in [0.3, 0.4) is 0 Å². The lowest BCUT2D eigenvalue weighted by Gasteiger charge is -2.38. The van der Waals surface area contributed by atoms with E-state index in [1.54, 1.807) is 5.01 Å². The Morgan fingerprint density at radius 1 is 1.39 bits per heavy atom. The molecule has 0 unspecified atom stereocenters. The second-order valence-corrected chi connectivity index (χ2v) is 7.40. The normalized spacial score (nSPS) is 13.0. The number of nitrogens with one attached hydrogen (secondary N) is 1. The summed E-state index contributed by atoms with van der Waals surface area (Å²) in [6.45, 7) is 0.375. The SMILES string of the molecule is C#CCCCN1CN(C)C(=O)c2c(O)c(=O)c(C(=O)NCc3cccc(Cl)c3F)cn21. The van der Waals surface area contributed by atoms with E-state index in [0.29, 0.717) is 19.4 Å². The van der Waals surface area contributed by atoms with E-state index in [1.165, 1.54) is 41.0 Å². The molecule has 3 rings (SSSR count). The highest BCUT2D eigenvalue weighted by Gasteiger charge is 2.32. The van der Waals surface area contributed by atoms with Crippen LogP contribution >= 0.6 is 11.6 Å². The lowest BCUT2D eigenvalue weighted by Crippen LogP contribution is -2.53. The standard InChI is InChI=1S/C21H20ClFN4O4/c1-3-4-5-9-26-12-25(2)21(31)17-19(29)18(28)14(11-27(17)26)20(30)24-10-13-7-6-8-15(22)16(13)23/h1,6-8,11,29H,4-5,9-10,12H2,2H3,(H,24,30). The zero-order chi connectivity index (χ0) is 22.7. The van der Waals surface area contributed by atoms with Crippen molar-refractivity contribution in [1.29, 1.82) is 0 Å². The van der Waals surface area contributed by atoms with Crippen molar-refractivity contribution in [2.75, 3.05) is 25.3 Å². The topological polar surface area (TPSA) is 94.9 Å². The number of unbranched alkanes of at least 4 members (excludes halogenated alkanes) is 1. The quantitative estimate of drug-likeness (QED) is 0.520. The lowest BCUT2D eigenvalue weighted by molar-refractivity contribution is 0.0731. The summed E-state index contributed by atoms with van der Waals surface area (Å²) < 4.78 is 15.3. The zero-order valence-corrected chi connectivity index (χ0v) is 17.4. The maximum Gasteiger partial charge on any atom is 0.277 e. The molecule has 162 valence electrons. The van der Waals surface area contributed by atoms with Gasteiger partial charge in [0.25, 0.3) is 11.8 Å². The molecular weight excluding hydrogens is 427 g/mol. The fourth-order valence-electron chi connectivity index (χ4n) is 3.23. The van der Waals surface area contributed by atoms with Crippen LogP contribution < -0.4 is 15.8 Å². The molecule has 1 aliphatic heterocycles. The molecule has 0 radical (unpaired) electrons. The van der Waals surface area contributed by atoms with E-state index in [-0.39, 0.29) is 35.1 Å². The molecule has 10 heteroatoms. The summed E-state index contributed by atoms with van der Waals surface area (Å²) in [4.78, 5) is 39.1. The van der Waals surface area contributed by atoms with Gasteiger partial charge in [0, 0.05) is 38.3 Å². The molecule has 0 bridgehead atoms. The molecule has 1 aromatic heterocycles. The van der Waals surface area contributed by atoms with Gasteiger partial charge in [0.1, 0.15) is 18.0 Å². The van der Waals surface area contributed by atoms with E-state index in [0.717, 1.165) is 0 Å². The van der Waals surface area contributed by atoms with E-state index >= 15 is 0 Å². The average molecular weight is 447 g/mol. The third kappa shape index (κ3) is 4.34. The molecule has 2 N–H and O–H groups in total. The van der Waals surface area contributed by atoms with Crippen LogP contribution in [0, 0.1) is 18.2 Å². The molecule has 0 aliphatic carbocycles. The van der Waals surface area contributed by atoms with Crippen LogP contribution in [0.25, 0.3) is 0 Å². The Morgan fingerprint density at radius 3 is 2.84 bits per heavy atom. The molecule has 31 heavy (non-hydrogen) atoms. The number of pyridine rings is 1. The Hall–Kier alpha value is -3.51. The van der Waals surface area contributed by atoms with Crippen molar-refractivity contribution in [3.63, 3.8) is 0 Å². The van der Waals surface area contributed by atoms with Crippen molar-refractivity contribution in [3.05, 3.63) is 62.3 Å². The van der Waals surface area contributed by atoms with Crippen molar-refractivity contribution in [2.24, 2.45) is 0 Å². The Morgan fingerprint density at radius 2 is 2.13 bits per heavy atom. The summed E-state index contributed by atoms with van der Waals surface area (Å²) in [5.74, 6) is -0.377. The Labute approximate surface area is 182 Å². The second kappa shape index (κ2) is 9.10. The molecular formula is C21H20ClFN4O4. The van der Waals surface area contributed by atoms with Crippen molar-refractivity contribution >= 4 is 23.4 Å². The highest BCUT2D eigenvalue weighted by Crippen LogP contribution is 2.21. The van der Waals surface area contributed by atoms with Gasteiger partial charge in [0.15, 0.2) is 11.4 Å². The highest BCUT2D eigenvalue weighted by molar-refractivity contribution is 6.30. The summed E-state index contributed by atoms with van der Waals surface area (Å²) in [5, 5.41) is 14.4. The first-order chi connectivity index (χ1) is 14.8. The van der Waals surface area contributed by atoms with Crippen LogP contribution in [0.4, 0.5) is 4.39 Å². The smallest absolute Gasteiger partial charge is 0.277 e. The molecule has 0 fully saturated rings. The minimum absolute atomic E-state index is 0.0940. The van der Waals surface area contributed by atoms with Crippen LogP contribution in [0.5, 0.6) is 5.75 Å². The molecule has 2 aromatic rings. The predicted octanol–water partition coefficient (Wildman–Crippen LogP) is 1.67. The Balaban J connectivity index is 1.94. The third-order valence-corrected chi connectivity index (χ3v) is 5.14. The number of fused-ring (bicyclic) bond motifs is 1. The molecule has 8 nitrogen and oxygen atoms in total. The Bertz CT molecular complexity index is 1140. The number of carbonyl (C=O) groups is 2. The third-order valence-electron chi connectivity index (χ3n) is 4.85. The van der Waals surface area contributed by atoms with E-state index in [2.05, 4.69) is 11.2 Å². The van der Waals surface area contributed by atoms with Gasteiger partial charge in [0.05, 0.1) is 5.02 Å². The van der Waals surface area contributed by atoms with Crippen LogP contribution in [-0.4, -0.2) is 46.8 Å². The second-order valence-electron chi connectivity index (χ2n) is 6.99. The number of halogens is 2. The Kier molecular flexibility index (Phi) is 6.51. The first-order valence-corrected chi connectivity index (χ1v) is 9.78. The average Bonchev–Trinajstić information content (AvgIpc) is 2.74. The zero-order valence-electron chi connectivity index (χ0n) is 16.7. The minimum Gasteiger partial charge on any atom is -0.502 e. The first-order valence-electron chi connectivity index (χ1n) is 9.40. The number of rotatable bonds is 6. The summed E-state index contributed by atoms with van der Waals surface area (Å²) in [6, 6.07) is 4.35. The van der Waals surface area contributed by atoms with Gasteiger partial charge in [-0.25, -0.2) is 4.39 Å². The van der Waals surface area contributed by atoms with Crippen LogP contribution in [0.2, 0.25) is 5.02 Å². The fraction of sp³-hybridized carbons (Fsp3) is 0.286. The van der Waals surface area contributed by atoms with Gasteiger partial charge in [-0.05, 0) is 12.5 Å². The maximum absolute atomic E-state index is 14.0. The number of hydrogen-bond donors (Lipinski definition) is 2. The number of benzene rings is 1. The summed E-state index contributed by atoms with van der Waals surface area (Å²) in [7, 11) is 1.53. The molecule has 0 spiro atoms. The van der Waals surface area contributed by atoms with Crippen LogP contribution in [-0.2, 0) is 6.54 Å². The summed E-state index contributed by atoms with van der Waals surface area (Å²) in [6.07, 6.45) is 7.58. The molecule has 0 saturated carbocycles. The van der Waals surface area contributed by atoms with Crippen LogP contribution in [0.15, 0.2) is 29.2 Å². The number of aromatic nitrogens is 1. The fourth-order valence-corrected chi connectivity index (χ4v) is 3.42. The van der Waals surface area contributed by atoms with Gasteiger partial charge in [0.2, 0.25) is 5.43 Å². The molecule has 1 aromatic carbocycles. The lowest BCUT2D eigenvalue weighted by atomic mass is 10.1. The van der Waals surface area contributed by atoms with Gasteiger partial charge in [-0.3, -0.25) is 24.1 Å². The van der Waals surface area contributed by atoms with Crippen molar-refractivity contribution in [3.8, 4) is 18.1 Å². The van der Waals surface area contributed by atoms with E-state index in [9.17, 15) is 23.9 Å². The molecule has 0 saturated heterocycles. The predicted molar refractivity (Wildman–Crippen MR) is 113 cm³/mol. The summed E-state index contributed by atoms with van der Waals surface area (Å²) >= 11 is 5.74. The number of nitrogens with zero attached hydrogens (tertiary/aromatic N) is 3. The van der Waals surface area contributed by atoms with Crippen molar-refractivity contribution < 1.29 is 19.1 Å². The molecule has 2 heterocycles. The number of aromatic hydroxyl groups is 1. The number of terminal acetylenes is 1. The van der Waals surface area contributed by atoms with Crippen molar-refractivity contribution in [2.45, 2.75) is 19.4 Å². The van der Waals surface area contributed by atoms with Gasteiger partial charge in [-0.1, -0.05) is 23.7 Å². The van der Waals surface area contributed by atoms with Gasteiger partial charge in [-0.15, -0.1) is 12.3 Å². The van der Waals surface area contributed by atoms with E-state index in [4.69, 9.17) is 18.0 Å². The number of amides is 2. The maximum atomic E-state index is 14.0. The van der Waals surface area contributed by atoms with Gasteiger partial charge >= 0.3 is 0 Å². The van der Waals surface area contributed by atoms with E-state index < -0.39 is 28.8 Å². The van der Waals surface area contributed by atoms with E-state index in [1.807, 2.05) is 0 Å². The van der Waals surface area contributed by atoms with Crippen molar-refractivity contribution in [1.82, 2.24) is 14.9 Å². The number of hydrogen-bond acceptors (Lipinski definition) is 5. The molecule has 1 aliphatic rings. The first kappa shape index (κ1) is 22.2. The highest BCUT2D eigenvalue weighted by atomic mass is 35.5. The number of carbonyl (C=O) groups excluding carboxylic acids is 2. The van der Waals surface area contributed by atoms with Gasteiger partial charge in [-0.2, -0.15) is 0 Å². The summed E-state index contributed by atoms with van der Waals surface area (Å²) in [5.41, 5.74) is -1.49. The monoisotopic (exact) mass is 446 g/mol. The molecule has 0 atom stereocenters. The van der Waals surface area contributed by atoms with Gasteiger partial charge < -0.3 is 15.3 Å². The van der Waals surface area contributed by atoms with Crippen LogP contribution in [0.1, 0.15) is 39.3 Å².